The molecule has 1 aromatic carbocycles. The Hall–Kier alpha value is -0.770. The van der Waals surface area contributed by atoms with E-state index in [9.17, 15) is 9.90 Å². The van der Waals surface area contributed by atoms with Crippen LogP contribution in [0, 0.1) is 0 Å². The Morgan fingerprint density at radius 3 is 2.40 bits per heavy atom. The zero-order valence-electron chi connectivity index (χ0n) is 7.78. The smallest absolute Gasteiger partial charge is 0.229 e. The molecule has 2 rings (SSSR count). The highest BCUT2D eigenvalue weighted by Crippen LogP contribution is 2.35. The Morgan fingerprint density at radius 2 is 1.93 bits per heavy atom. The Labute approximate surface area is 97.2 Å². The molecule has 5 heteroatoms. The van der Waals surface area contributed by atoms with Crippen LogP contribution in [0.2, 0.25) is 10.0 Å². The summed E-state index contributed by atoms with van der Waals surface area (Å²) in [6.45, 7) is 0.252. The molecule has 80 valence electrons. The summed E-state index contributed by atoms with van der Waals surface area (Å²) in [7, 11) is 0. The zero-order chi connectivity index (χ0) is 11.0. The van der Waals surface area contributed by atoms with Gasteiger partial charge in [0.25, 0.3) is 0 Å². The summed E-state index contributed by atoms with van der Waals surface area (Å²) in [6.07, 6.45) is -0.508. The summed E-state index contributed by atoms with van der Waals surface area (Å²) in [5.41, 5.74) is 0.488. The summed E-state index contributed by atoms with van der Waals surface area (Å²) in [5.74, 6) is -0.155. The fraction of sp³-hybridized carbons (Fsp3) is 0.300. The average Bonchev–Trinajstić information content (AvgIpc) is 2.45. The first-order valence-corrected chi connectivity index (χ1v) is 5.27. The van der Waals surface area contributed by atoms with Crippen molar-refractivity contribution in [3.05, 3.63) is 28.2 Å². The number of para-hydroxylation sites is 1. The molecule has 0 saturated carbocycles. The number of carbonyl (C=O) groups is 1. The molecular formula is C10H9Cl2NO2. The number of benzene rings is 1. The highest BCUT2D eigenvalue weighted by Gasteiger charge is 2.31. The monoisotopic (exact) mass is 245 g/mol. The first-order valence-electron chi connectivity index (χ1n) is 4.52. The van der Waals surface area contributed by atoms with E-state index in [4.69, 9.17) is 23.2 Å². The summed E-state index contributed by atoms with van der Waals surface area (Å²) >= 11 is 11.9. The van der Waals surface area contributed by atoms with E-state index in [0.29, 0.717) is 15.7 Å². The lowest BCUT2D eigenvalue weighted by atomic mass is 10.3. The minimum absolute atomic E-state index is 0.127. The van der Waals surface area contributed by atoms with Gasteiger partial charge in [0.05, 0.1) is 34.8 Å². The van der Waals surface area contributed by atoms with Crippen molar-refractivity contribution in [1.29, 1.82) is 0 Å². The number of amides is 1. The second-order valence-electron chi connectivity index (χ2n) is 3.43. The van der Waals surface area contributed by atoms with Crippen LogP contribution in [0.15, 0.2) is 18.2 Å². The molecule has 1 aromatic rings. The fourth-order valence-electron chi connectivity index (χ4n) is 1.65. The van der Waals surface area contributed by atoms with Crippen LogP contribution in [0.5, 0.6) is 0 Å². The van der Waals surface area contributed by atoms with E-state index in [1.165, 1.54) is 4.90 Å². The summed E-state index contributed by atoms with van der Waals surface area (Å²) in [4.78, 5) is 13.0. The molecule has 0 bridgehead atoms. The van der Waals surface area contributed by atoms with Crippen molar-refractivity contribution in [2.75, 3.05) is 11.4 Å². The lowest BCUT2D eigenvalue weighted by Gasteiger charge is -2.18. The van der Waals surface area contributed by atoms with Gasteiger partial charge in [-0.15, -0.1) is 0 Å². The van der Waals surface area contributed by atoms with Crippen LogP contribution in [0.4, 0.5) is 5.69 Å². The molecular weight excluding hydrogens is 237 g/mol. The first-order chi connectivity index (χ1) is 7.09. The number of hydrogen-bond acceptors (Lipinski definition) is 2. The maximum absolute atomic E-state index is 11.5. The number of hydrogen-bond donors (Lipinski definition) is 1. The summed E-state index contributed by atoms with van der Waals surface area (Å²) < 4.78 is 0. The third kappa shape index (κ3) is 1.95. The highest BCUT2D eigenvalue weighted by molar-refractivity contribution is 6.40. The van der Waals surface area contributed by atoms with Crippen molar-refractivity contribution in [2.45, 2.75) is 12.5 Å². The molecule has 1 aliphatic rings. The van der Waals surface area contributed by atoms with E-state index < -0.39 is 6.10 Å². The van der Waals surface area contributed by atoms with Crippen LogP contribution in [0.25, 0.3) is 0 Å². The number of β-amino-alcohol motifs (C(OH)–C–C–N with tert-alkyl or cyclic N) is 1. The van der Waals surface area contributed by atoms with Crippen molar-refractivity contribution in [1.82, 2.24) is 0 Å². The Kier molecular flexibility index (Phi) is 2.87. The predicted molar refractivity (Wildman–Crippen MR) is 59.4 cm³/mol. The molecule has 1 aliphatic heterocycles. The van der Waals surface area contributed by atoms with Gasteiger partial charge in [-0.05, 0) is 12.1 Å². The number of carbonyl (C=O) groups excluding carboxylic acids is 1. The first kappa shape index (κ1) is 10.7. The molecule has 0 aromatic heterocycles. The lowest BCUT2D eigenvalue weighted by molar-refractivity contribution is -0.117. The summed E-state index contributed by atoms with van der Waals surface area (Å²) in [5, 5.41) is 10.2. The molecule has 1 amide bonds. The van der Waals surface area contributed by atoms with E-state index in [0.717, 1.165) is 0 Å². The van der Waals surface area contributed by atoms with Gasteiger partial charge in [-0.1, -0.05) is 29.3 Å². The molecule has 1 N–H and O–H groups in total. The molecule has 1 fully saturated rings. The molecule has 1 unspecified atom stereocenters. The van der Waals surface area contributed by atoms with Crippen LogP contribution < -0.4 is 4.90 Å². The molecule has 0 spiro atoms. The van der Waals surface area contributed by atoms with Crippen LogP contribution in [0.3, 0.4) is 0 Å². The van der Waals surface area contributed by atoms with Crippen molar-refractivity contribution in [3.8, 4) is 0 Å². The van der Waals surface area contributed by atoms with E-state index in [2.05, 4.69) is 0 Å². The van der Waals surface area contributed by atoms with Gasteiger partial charge in [0.1, 0.15) is 0 Å². The standard InChI is InChI=1S/C10H9Cl2NO2/c11-7-2-1-3-8(12)10(7)13-5-6(14)4-9(13)15/h1-3,6,14H,4-5H2. The molecule has 0 radical (unpaired) electrons. The third-order valence-corrected chi connectivity index (χ3v) is 2.92. The van der Waals surface area contributed by atoms with E-state index in [1.807, 2.05) is 0 Å². The maximum atomic E-state index is 11.5. The quantitative estimate of drug-likeness (QED) is 0.824. The number of halogens is 2. The number of rotatable bonds is 1. The van der Waals surface area contributed by atoms with Crippen molar-refractivity contribution >= 4 is 34.8 Å². The van der Waals surface area contributed by atoms with Gasteiger partial charge in [0, 0.05) is 0 Å². The van der Waals surface area contributed by atoms with Gasteiger partial charge in [-0.25, -0.2) is 0 Å². The molecule has 1 saturated heterocycles. The van der Waals surface area contributed by atoms with E-state index in [-0.39, 0.29) is 18.9 Å². The topological polar surface area (TPSA) is 40.5 Å². The minimum Gasteiger partial charge on any atom is -0.391 e. The van der Waals surface area contributed by atoms with Gasteiger partial charge < -0.3 is 10.0 Å². The Bertz CT molecular complexity index is 388. The molecule has 1 heterocycles. The second kappa shape index (κ2) is 4.00. The van der Waals surface area contributed by atoms with Crippen molar-refractivity contribution < 1.29 is 9.90 Å². The highest BCUT2D eigenvalue weighted by atomic mass is 35.5. The zero-order valence-corrected chi connectivity index (χ0v) is 9.29. The number of anilines is 1. The minimum atomic E-state index is -0.634. The second-order valence-corrected chi connectivity index (χ2v) is 4.25. The van der Waals surface area contributed by atoms with Crippen molar-refractivity contribution in [3.63, 3.8) is 0 Å². The van der Waals surface area contributed by atoms with Gasteiger partial charge >= 0.3 is 0 Å². The van der Waals surface area contributed by atoms with Crippen molar-refractivity contribution in [2.24, 2.45) is 0 Å². The van der Waals surface area contributed by atoms with Crippen LogP contribution in [0.1, 0.15) is 6.42 Å². The maximum Gasteiger partial charge on any atom is 0.229 e. The van der Waals surface area contributed by atoms with E-state index in [1.54, 1.807) is 18.2 Å². The Balaban J connectivity index is 2.41. The SMILES string of the molecule is O=C1CC(O)CN1c1c(Cl)cccc1Cl. The predicted octanol–water partition coefficient (Wildman–Crippen LogP) is 2.09. The fourth-order valence-corrected chi connectivity index (χ4v) is 2.25. The molecule has 3 nitrogen and oxygen atoms in total. The molecule has 15 heavy (non-hydrogen) atoms. The van der Waals surface area contributed by atoms with Crippen LogP contribution in [-0.2, 0) is 4.79 Å². The van der Waals surface area contributed by atoms with Crippen LogP contribution >= 0.6 is 23.2 Å². The summed E-state index contributed by atoms with van der Waals surface area (Å²) in [6, 6.07) is 5.05. The van der Waals surface area contributed by atoms with Crippen LogP contribution in [-0.4, -0.2) is 23.7 Å². The number of aliphatic hydroxyl groups is 1. The largest absolute Gasteiger partial charge is 0.391 e. The third-order valence-electron chi connectivity index (χ3n) is 2.31. The number of aliphatic hydroxyl groups excluding tert-OH is 1. The van der Waals surface area contributed by atoms with Gasteiger partial charge in [-0.3, -0.25) is 4.79 Å². The molecule has 1 atom stereocenters. The number of nitrogens with zero attached hydrogens (tertiary/aromatic N) is 1. The normalized spacial score (nSPS) is 21.1. The average molecular weight is 246 g/mol. The lowest BCUT2D eigenvalue weighted by Crippen LogP contribution is -2.25. The van der Waals surface area contributed by atoms with Gasteiger partial charge in [0.2, 0.25) is 5.91 Å². The Morgan fingerprint density at radius 1 is 1.33 bits per heavy atom. The molecule has 0 aliphatic carbocycles. The van der Waals surface area contributed by atoms with Gasteiger partial charge in [0.15, 0.2) is 0 Å². The van der Waals surface area contributed by atoms with Gasteiger partial charge in [-0.2, -0.15) is 0 Å². The van der Waals surface area contributed by atoms with E-state index >= 15 is 0 Å².